The molecule has 1 aromatic rings. The van der Waals surface area contributed by atoms with E-state index in [-0.39, 0.29) is 17.8 Å². The van der Waals surface area contributed by atoms with Crippen molar-refractivity contribution in [2.75, 3.05) is 38.2 Å². The summed E-state index contributed by atoms with van der Waals surface area (Å²) >= 11 is 1.19. The zero-order valence-corrected chi connectivity index (χ0v) is 23.0. The van der Waals surface area contributed by atoms with Crippen LogP contribution in [0.4, 0.5) is 5.69 Å². The number of β-amino-alcohol motifs (C(OH)–C–C–N with tert-alkyl or cyclic N) is 1. The fraction of sp³-hybridized carbons (Fsp3) is 0.667. The number of carbonyl (C=O) groups excluding carboxylic acids is 3. The molecule has 2 amide bonds. The molecule has 3 rings (SSSR count). The number of likely N-dealkylation sites (tertiary alicyclic amines) is 1. The number of rotatable bonds is 6. The third kappa shape index (κ3) is 6.42. The van der Waals surface area contributed by atoms with E-state index in [4.69, 9.17) is 4.74 Å². The number of esters is 1. The zero-order chi connectivity index (χ0) is 25.0. The molecule has 2 unspecified atom stereocenters. The molecule has 2 aliphatic rings. The van der Waals surface area contributed by atoms with Gasteiger partial charge in [0, 0.05) is 0 Å². The van der Waals surface area contributed by atoms with Crippen molar-refractivity contribution < 1.29 is 24.2 Å². The summed E-state index contributed by atoms with van der Waals surface area (Å²) in [5, 5.41) is 9.85. The second-order valence-corrected chi connectivity index (χ2v) is 11.5. The van der Waals surface area contributed by atoms with Crippen LogP contribution in [0.15, 0.2) is 18.3 Å². The Kier molecular flexibility index (Phi) is 8.85. The Labute approximate surface area is 215 Å². The van der Waals surface area contributed by atoms with Gasteiger partial charge in [-0.1, -0.05) is 0 Å². The van der Waals surface area contributed by atoms with Gasteiger partial charge in [0.05, 0.1) is 7.11 Å². The molecule has 2 fully saturated rings. The average molecular weight is 581 g/mol. The number of piperidine rings is 1. The second kappa shape index (κ2) is 11.3. The fourth-order valence-electron chi connectivity index (χ4n) is 4.61. The van der Waals surface area contributed by atoms with Crippen molar-refractivity contribution in [3.05, 3.63) is 24.0 Å². The first kappa shape index (κ1) is 26.7. The van der Waals surface area contributed by atoms with E-state index in [9.17, 15) is 19.5 Å². The van der Waals surface area contributed by atoms with Crippen LogP contribution < -0.4 is 4.90 Å². The molecule has 186 valence electrons. The molecule has 2 atom stereocenters. The normalized spacial score (nSPS) is 20.2. The van der Waals surface area contributed by atoms with Gasteiger partial charge >= 0.3 is 199 Å². The maximum absolute atomic E-state index is 13.3. The Morgan fingerprint density at radius 1 is 1.21 bits per heavy atom. The number of nitrogens with zero attached hydrogens (tertiary/aromatic N) is 4. The van der Waals surface area contributed by atoms with Crippen molar-refractivity contribution in [1.82, 2.24) is 12.9 Å². The summed E-state index contributed by atoms with van der Waals surface area (Å²) in [4.78, 5) is 46.3. The molecule has 3 heterocycles. The minimum atomic E-state index is -0.644. The SMILES string of the molecule is COC(=O)CC1CCN(c2ccc(C(=O)[N]([Sb])C(C(=O)N3CCC(O)C3)C(C)(C)C)nc2)CC1. The fourth-order valence-corrected chi connectivity index (χ4v) is 6.17. The van der Waals surface area contributed by atoms with E-state index in [0.717, 1.165) is 31.6 Å². The number of methoxy groups -OCH3 is 1. The van der Waals surface area contributed by atoms with Crippen LogP contribution >= 0.6 is 0 Å². The van der Waals surface area contributed by atoms with Gasteiger partial charge in [-0.3, -0.25) is 4.79 Å². The number of pyridine rings is 1. The molecule has 2 saturated heterocycles. The van der Waals surface area contributed by atoms with E-state index in [1.54, 1.807) is 17.2 Å². The quantitative estimate of drug-likeness (QED) is 0.401. The van der Waals surface area contributed by atoms with Gasteiger partial charge in [-0.25, -0.2) is 0 Å². The monoisotopic (exact) mass is 580 g/mol. The number of aliphatic hydroxyl groups is 1. The molecule has 1 N–H and O–H groups in total. The van der Waals surface area contributed by atoms with Crippen LogP contribution in [0.3, 0.4) is 0 Å². The van der Waals surface area contributed by atoms with Crippen molar-refractivity contribution in [2.45, 2.75) is 58.6 Å². The van der Waals surface area contributed by atoms with Crippen molar-refractivity contribution in [2.24, 2.45) is 11.3 Å². The average Bonchev–Trinajstić information content (AvgIpc) is 3.24. The number of ether oxygens (including phenoxy) is 1. The van der Waals surface area contributed by atoms with E-state index in [0.29, 0.717) is 37.5 Å². The Morgan fingerprint density at radius 2 is 1.88 bits per heavy atom. The number of hydrogen-bond acceptors (Lipinski definition) is 7. The van der Waals surface area contributed by atoms with Crippen LogP contribution in [0.1, 0.15) is 56.9 Å². The topological polar surface area (TPSA) is 103 Å². The third-order valence-corrected chi connectivity index (χ3v) is 7.79. The van der Waals surface area contributed by atoms with Gasteiger partial charge in [-0.15, -0.1) is 0 Å². The van der Waals surface area contributed by atoms with Crippen LogP contribution in [-0.2, 0) is 14.3 Å². The van der Waals surface area contributed by atoms with E-state index >= 15 is 0 Å². The van der Waals surface area contributed by atoms with Gasteiger partial charge < -0.3 is 4.74 Å². The molecular formula is C24H35N4O5Sb. The number of aliphatic hydroxyl groups excluding tert-OH is 1. The maximum atomic E-state index is 13.3. The predicted molar refractivity (Wildman–Crippen MR) is 128 cm³/mol. The second-order valence-electron chi connectivity index (χ2n) is 10.3. The van der Waals surface area contributed by atoms with Crippen LogP contribution in [0.25, 0.3) is 0 Å². The first-order chi connectivity index (χ1) is 16.0. The Morgan fingerprint density at radius 3 is 2.38 bits per heavy atom. The summed E-state index contributed by atoms with van der Waals surface area (Å²) in [6, 6.07) is 2.96. The van der Waals surface area contributed by atoms with Gasteiger partial charge in [0.2, 0.25) is 0 Å². The Balaban J connectivity index is 1.65. The van der Waals surface area contributed by atoms with Gasteiger partial charge in [-0.05, 0) is 0 Å². The summed E-state index contributed by atoms with van der Waals surface area (Å²) in [5.41, 5.74) is 0.769. The molecule has 10 heteroatoms. The first-order valence-corrected chi connectivity index (χ1v) is 12.9. The molecular weight excluding hydrogens is 546 g/mol. The van der Waals surface area contributed by atoms with Crippen LogP contribution in [0.2, 0.25) is 0 Å². The molecule has 9 nitrogen and oxygen atoms in total. The van der Waals surface area contributed by atoms with Gasteiger partial charge in [0.15, 0.2) is 0 Å². The molecule has 0 aromatic carbocycles. The number of hydrogen-bond donors (Lipinski definition) is 1. The van der Waals surface area contributed by atoms with Gasteiger partial charge in [0.1, 0.15) is 0 Å². The Bertz CT molecular complexity index is 880. The Hall–Kier alpha value is -1.86. The summed E-state index contributed by atoms with van der Waals surface area (Å²) in [5.74, 6) is -0.256. The predicted octanol–water partition coefficient (Wildman–Crippen LogP) is 1.39. The minimum absolute atomic E-state index is 0.134. The summed E-state index contributed by atoms with van der Waals surface area (Å²) < 4.78 is 6.30. The molecule has 2 radical (unpaired) electrons. The van der Waals surface area contributed by atoms with E-state index in [1.807, 2.05) is 26.8 Å². The van der Waals surface area contributed by atoms with Gasteiger partial charge in [-0.2, -0.15) is 0 Å². The number of amides is 2. The van der Waals surface area contributed by atoms with E-state index < -0.39 is 17.6 Å². The standard InChI is InChI=1S/C24H36N4O5.Sb/c1-24(2,3)21(23(32)28-12-9-18(29)15-28)26-22(31)19-6-5-17(14-25-19)27-10-7-16(8-11-27)13-20(30)33-4;/h5-6,14,16,18,21,29H,7-13,15H2,1-4H3,(H,26,31);/q;+1/p-1. The van der Waals surface area contributed by atoms with Crippen LogP contribution in [0.5, 0.6) is 0 Å². The molecule has 2 aliphatic heterocycles. The zero-order valence-electron chi connectivity index (χ0n) is 20.4. The third-order valence-electron chi connectivity index (χ3n) is 6.61. The summed E-state index contributed by atoms with van der Waals surface area (Å²) in [6.07, 6.45) is 4.02. The van der Waals surface area contributed by atoms with Crippen LogP contribution in [-0.4, -0.2) is 105 Å². The number of carbonyl (C=O) groups is 3. The molecule has 0 aliphatic carbocycles. The van der Waals surface area contributed by atoms with E-state index in [2.05, 4.69) is 9.88 Å². The van der Waals surface area contributed by atoms with Crippen molar-refractivity contribution in [3.8, 4) is 0 Å². The molecule has 0 bridgehead atoms. The molecule has 1 aromatic heterocycles. The summed E-state index contributed by atoms with van der Waals surface area (Å²) in [7, 11) is 1.42. The molecule has 0 saturated carbocycles. The number of anilines is 1. The van der Waals surface area contributed by atoms with Gasteiger partial charge in [0.25, 0.3) is 0 Å². The number of aromatic nitrogens is 1. The van der Waals surface area contributed by atoms with Crippen LogP contribution in [0, 0.1) is 11.3 Å². The molecule has 34 heavy (non-hydrogen) atoms. The summed E-state index contributed by atoms with van der Waals surface area (Å²) in [6.45, 7) is 8.29. The van der Waals surface area contributed by atoms with Crippen molar-refractivity contribution >= 4 is 46.8 Å². The van der Waals surface area contributed by atoms with Crippen molar-refractivity contribution in [1.29, 1.82) is 0 Å². The van der Waals surface area contributed by atoms with E-state index in [1.165, 1.54) is 33.5 Å². The molecule has 0 spiro atoms. The first-order valence-electron chi connectivity index (χ1n) is 11.8. The van der Waals surface area contributed by atoms with Crippen molar-refractivity contribution in [3.63, 3.8) is 0 Å².